The highest BCUT2D eigenvalue weighted by Gasteiger charge is 2.12. The fourth-order valence-corrected chi connectivity index (χ4v) is 3.42. The Kier molecular flexibility index (Phi) is 5.53. The van der Waals surface area contributed by atoms with Crippen molar-refractivity contribution in [1.29, 1.82) is 0 Å². The molecule has 6 nitrogen and oxygen atoms in total. The van der Waals surface area contributed by atoms with Gasteiger partial charge in [-0.1, -0.05) is 6.07 Å². The summed E-state index contributed by atoms with van der Waals surface area (Å²) >= 11 is 0. The molecule has 0 unspecified atom stereocenters. The maximum absolute atomic E-state index is 9.16. The van der Waals surface area contributed by atoms with Gasteiger partial charge in [0.2, 0.25) is 0 Å². The lowest BCUT2D eigenvalue weighted by Crippen LogP contribution is -2.02. The van der Waals surface area contributed by atoms with Crippen LogP contribution < -0.4 is 4.74 Å². The van der Waals surface area contributed by atoms with Crippen LogP contribution in [0.3, 0.4) is 0 Å². The van der Waals surface area contributed by atoms with E-state index in [1.54, 1.807) is 10.9 Å². The zero-order chi connectivity index (χ0) is 20.2. The molecule has 3 aromatic heterocycles. The lowest BCUT2D eigenvalue weighted by atomic mass is 10.1. The number of aromatic nitrogens is 4. The van der Waals surface area contributed by atoms with Crippen LogP contribution in [0.1, 0.15) is 17.0 Å². The van der Waals surface area contributed by atoms with Crippen molar-refractivity contribution in [2.75, 3.05) is 13.2 Å². The second-order valence-electron chi connectivity index (χ2n) is 7.04. The van der Waals surface area contributed by atoms with Gasteiger partial charge < -0.3 is 9.84 Å². The average molecular weight is 388 g/mol. The maximum atomic E-state index is 9.16. The van der Waals surface area contributed by atoms with Crippen LogP contribution in [0.15, 0.2) is 54.9 Å². The Morgan fingerprint density at radius 2 is 2.00 bits per heavy atom. The van der Waals surface area contributed by atoms with E-state index in [4.69, 9.17) is 14.8 Å². The van der Waals surface area contributed by atoms with E-state index in [0.29, 0.717) is 13.2 Å². The topological polar surface area (TPSA) is 73.1 Å². The van der Waals surface area contributed by atoms with Crippen LogP contribution in [0.2, 0.25) is 0 Å². The fourth-order valence-electron chi connectivity index (χ4n) is 3.42. The Morgan fingerprint density at radius 1 is 1.10 bits per heavy atom. The van der Waals surface area contributed by atoms with Crippen molar-refractivity contribution in [1.82, 2.24) is 19.7 Å². The number of hydrogen-bond donors (Lipinski definition) is 1. The third kappa shape index (κ3) is 4.27. The predicted octanol–water partition coefficient (Wildman–Crippen LogP) is 3.72. The van der Waals surface area contributed by atoms with Gasteiger partial charge in [0.1, 0.15) is 5.75 Å². The standard InChI is InChI=1S/C23H24N4O2/c1-16-13-22(21-15-27(10-11-28)26-17(21)2)25-23-14-19(6-7-20(16)23)29-12-8-18-5-3-4-9-24-18/h3-7,9,13-15,28H,8,10-12H2,1-2H3. The zero-order valence-electron chi connectivity index (χ0n) is 16.7. The van der Waals surface area contributed by atoms with Gasteiger partial charge in [-0.3, -0.25) is 9.67 Å². The van der Waals surface area contributed by atoms with Gasteiger partial charge >= 0.3 is 0 Å². The molecule has 0 aliphatic heterocycles. The predicted molar refractivity (Wildman–Crippen MR) is 113 cm³/mol. The molecule has 0 spiro atoms. The number of aliphatic hydroxyl groups is 1. The van der Waals surface area contributed by atoms with Crippen molar-refractivity contribution in [2.45, 2.75) is 26.8 Å². The van der Waals surface area contributed by atoms with Gasteiger partial charge in [-0.15, -0.1) is 0 Å². The molecule has 4 aromatic rings. The minimum atomic E-state index is 0.0595. The summed E-state index contributed by atoms with van der Waals surface area (Å²) in [5.41, 5.74) is 5.81. The lowest BCUT2D eigenvalue weighted by Gasteiger charge is -2.10. The summed E-state index contributed by atoms with van der Waals surface area (Å²) in [6, 6.07) is 14.0. The first-order valence-corrected chi connectivity index (χ1v) is 9.73. The first-order valence-electron chi connectivity index (χ1n) is 9.73. The van der Waals surface area contributed by atoms with E-state index in [-0.39, 0.29) is 6.61 Å². The molecule has 1 aromatic carbocycles. The summed E-state index contributed by atoms with van der Waals surface area (Å²) in [6.07, 6.45) is 4.49. The van der Waals surface area contributed by atoms with Gasteiger partial charge in [0.15, 0.2) is 0 Å². The van der Waals surface area contributed by atoms with E-state index in [9.17, 15) is 0 Å². The molecule has 0 saturated carbocycles. The molecule has 4 rings (SSSR count). The van der Waals surface area contributed by atoms with Crippen molar-refractivity contribution in [3.05, 3.63) is 71.8 Å². The summed E-state index contributed by atoms with van der Waals surface area (Å²) in [5.74, 6) is 0.796. The van der Waals surface area contributed by atoms with E-state index in [1.165, 1.54) is 0 Å². The Morgan fingerprint density at radius 3 is 2.79 bits per heavy atom. The number of hydrogen-bond acceptors (Lipinski definition) is 5. The van der Waals surface area contributed by atoms with Gasteiger partial charge in [-0.05, 0) is 49.7 Å². The van der Waals surface area contributed by atoms with Crippen LogP contribution in [0.4, 0.5) is 0 Å². The molecule has 0 fully saturated rings. The largest absolute Gasteiger partial charge is 0.493 e. The molecule has 0 aliphatic rings. The SMILES string of the molecule is Cc1nn(CCO)cc1-c1cc(C)c2ccc(OCCc3ccccn3)cc2n1. The van der Waals surface area contributed by atoms with Crippen LogP contribution in [-0.4, -0.2) is 38.1 Å². The number of ether oxygens (including phenoxy) is 1. The van der Waals surface area contributed by atoms with Gasteiger partial charge in [0, 0.05) is 41.5 Å². The van der Waals surface area contributed by atoms with Crippen LogP contribution in [0.5, 0.6) is 5.75 Å². The normalized spacial score (nSPS) is 11.1. The molecule has 0 bridgehead atoms. The number of aliphatic hydroxyl groups excluding tert-OH is 1. The van der Waals surface area contributed by atoms with Gasteiger partial charge in [0.25, 0.3) is 0 Å². The highest BCUT2D eigenvalue weighted by atomic mass is 16.5. The molecule has 0 amide bonds. The molecule has 29 heavy (non-hydrogen) atoms. The first-order chi connectivity index (χ1) is 14.1. The monoisotopic (exact) mass is 388 g/mol. The van der Waals surface area contributed by atoms with E-state index < -0.39 is 0 Å². The number of fused-ring (bicyclic) bond motifs is 1. The van der Waals surface area contributed by atoms with Crippen LogP contribution in [0.25, 0.3) is 22.2 Å². The number of rotatable bonds is 7. The number of aryl methyl sites for hydroxylation is 2. The second-order valence-corrected chi connectivity index (χ2v) is 7.04. The van der Waals surface area contributed by atoms with Crippen LogP contribution >= 0.6 is 0 Å². The van der Waals surface area contributed by atoms with Gasteiger partial charge in [0.05, 0.1) is 36.7 Å². The Balaban J connectivity index is 1.58. The molecule has 148 valence electrons. The molecule has 6 heteroatoms. The van der Waals surface area contributed by atoms with Crippen molar-refractivity contribution < 1.29 is 9.84 Å². The Bertz CT molecular complexity index is 1120. The van der Waals surface area contributed by atoms with E-state index >= 15 is 0 Å². The van der Waals surface area contributed by atoms with Crippen molar-refractivity contribution in [3.63, 3.8) is 0 Å². The summed E-state index contributed by atoms with van der Waals surface area (Å²) in [4.78, 5) is 9.18. The minimum Gasteiger partial charge on any atom is -0.493 e. The average Bonchev–Trinajstić information content (AvgIpc) is 3.09. The van der Waals surface area contributed by atoms with E-state index in [1.807, 2.05) is 43.5 Å². The Hall–Kier alpha value is -3.25. The first kappa shape index (κ1) is 19.1. The zero-order valence-corrected chi connectivity index (χ0v) is 16.7. The molecule has 0 saturated heterocycles. The van der Waals surface area contributed by atoms with Crippen molar-refractivity contribution in [2.24, 2.45) is 0 Å². The Labute approximate surface area is 169 Å². The molecule has 1 N–H and O–H groups in total. The second kappa shape index (κ2) is 8.41. The summed E-state index contributed by atoms with van der Waals surface area (Å²) < 4.78 is 7.69. The van der Waals surface area contributed by atoms with Crippen LogP contribution in [0, 0.1) is 13.8 Å². The molecular formula is C23H24N4O2. The van der Waals surface area contributed by atoms with Gasteiger partial charge in [-0.25, -0.2) is 4.98 Å². The molecule has 0 aliphatic carbocycles. The lowest BCUT2D eigenvalue weighted by molar-refractivity contribution is 0.269. The molecule has 0 atom stereocenters. The van der Waals surface area contributed by atoms with Crippen LogP contribution in [-0.2, 0) is 13.0 Å². The van der Waals surface area contributed by atoms with Gasteiger partial charge in [-0.2, -0.15) is 5.10 Å². The summed E-state index contributed by atoms with van der Waals surface area (Å²) in [5, 5.41) is 14.7. The molecular weight excluding hydrogens is 364 g/mol. The van der Waals surface area contributed by atoms with E-state index in [0.717, 1.165) is 51.3 Å². The van der Waals surface area contributed by atoms with Crippen molar-refractivity contribution >= 4 is 10.9 Å². The molecule has 3 heterocycles. The maximum Gasteiger partial charge on any atom is 0.121 e. The number of pyridine rings is 2. The third-order valence-corrected chi connectivity index (χ3v) is 4.89. The third-order valence-electron chi connectivity index (χ3n) is 4.89. The number of nitrogens with zero attached hydrogens (tertiary/aromatic N) is 4. The number of benzene rings is 1. The van der Waals surface area contributed by atoms with Crippen molar-refractivity contribution in [3.8, 4) is 17.0 Å². The highest BCUT2D eigenvalue weighted by molar-refractivity contribution is 5.86. The summed E-state index contributed by atoms with van der Waals surface area (Å²) in [6.45, 7) is 5.14. The fraction of sp³-hybridized carbons (Fsp3) is 0.261. The van der Waals surface area contributed by atoms with E-state index in [2.05, 4.69) is 29.1 Å². The quantitative estimate of drug-likeness (QED) is 0.522. The minimum absolute atomic E-state index is 0.0595. The summed E-state index contributed by atoms with van der Waals surface area (Å²) in [7, 11) is 0. The highest BCUT2D eigenvalue weighted by Crippen LogP contribution is 2.28. The smallest absolute Gasteiger partial charge is 0.121 e. The molecule has 0 radical (unpaired) electrons.